The molecular formula is C13H17BrClNO2S. The summed E-state index contributed by atoms with van der Waals surface area (Å²) < 4.78 is 27.7. The summed E-state index contributed by atoms with van der Waals surface area (Å²) in [6.07, 6.45) is 2.94. The van der Waals surface area contributed by atoms with Gasteiger partial charge in [0.05, 0.1) is 4.90 Å². The molecule has 6 heteroatoms. The predicted octanol–water partition coefficient (Wildman–Crippen LogP) is 3.75. The Labute approximate surface area is 128 Å². The summed E-state index contributed by atoms with van der Waals surface area (Å²) in [6.45, 7) is 2.57. The van der Waals surface area contributed by atoms with E-state index >= 15 is 0 Å². The van der Waals surface area contributed by atoms with E-state index in [1.807, 2.05) is 13.0 Å². The van der Waals surface area contributed by atoms with Crippen LogP contribution >= 0.6 is 27.5 Å². The Kier molecular flexibility index (Phi) is 4.93. The number of rotatable bonds is 3. The zero-order chi connectivity index (χ0) is 14.0. The van der Waals surface area contributed by atoms with E-state index in [1.54, 1.807) is 16.4 Å². The molecule has 19 heavy (non-hydrogen) atoms. The molecule has 1 aromatic carbocycles. The summed E-state index contributed by atoms with van der Waals surface area (Å²) >= 11 is 9.13. The summed E-state index contributed by atoms with van der Waals surface area (Å²) in [7, 11) is -3.45. The third kappa shape index (κ3) is 3.15. The van der Waals surface area contributed by atoms with Crippen molar-refractivity contribution in [1.29, 1.82) is 0 Å². The number of halogens is 2. The van der Waals surface area contributed by atoms with E-state index in [2.05, 4.69) is 15.9 Å². The molecule has 106 valence electrons. The van der Waals surface area contributed by atoms with Crippen molar-refractivity contribution in [2.75, 3.05) is 6.54 Å². The summed E-state index contributed by atoms with van der Waals surface area (Å²) in [5.74, 6) is 0.311. The van der Waals surface area contributed by atoms with E-state index in [-0.39, 0.29) is 6.04 Å². The van der Waals surface area contributed by atoms with Gasteiger partial charge in [0.2, 0.25) is 10.0 Å². The van der Waals surface area contributed by atoms with Gasteiger partial charge in [0, 0.05) is 22.9 Å². The van der Waals surface area contributed by atoms with Crippen LogP contribution in [0.15, 0.2) is 27.6 Å². The summed E-state index contributed by atoms with van der Waals surface area (Å²) in [4.78, 5) is 0.319. The largest absolute Gasteiger partial charge is 0.244 e. The van der Waals surface area contributed by atoms with E-state index in [1.165, 1.54) is 0 Å². The summed E-state index contributed by atoms with van der Waals surface area (Å²) in [5.41, 5.74) is 0.813. The molecule has 0 bridgehead atoms. The van der Waals surface area contributed by atoms with Crippen molar-refractivity contribution >= 4 is 37.6 Å². The lowest BCUT2D eigenvalue weighted by molar-refractivity contribution is 0.268. The molecule has 0 aromatic heterocycles. The molecule has 2 rings (SSSR count). The first kappa shape index (κ1) is 15.3. The number of hydrogen-bond acceptors (Lipinski definition) is 2. The normalized spacial score (nSPS) is 21.5. The molecule has 0 aliphatic carbocycles. The first-order valence-electron chi connectivity index (χ1n) is 6.33. The van der Waals surface area contributed by atoms with Gasteiger partial charge in [0.25, 0.3) is 0 Å². The minimum Gasteiger partial charge on any atom is -0.207 e. The van der Waals surface area contributed by atoms with Crippen LogP contribution in [0.4, 0.5) is 0 Å². The van der Waals surface area contributed by atoms with Crippen molar-refractivity contribution in [2.45, 2.75) is 43.0 Å². The number of nitrogens with zero attached hydrogens (tertiary/aromatic N) is 1. The van der Waals surface area contributed by atoms with Gasteiger partial charge in [-0.3, -0.25) is 0 Å². The lowest BCUT2D eigenvalue weighted by Crippen LogP contribution is -2.42. The number of sulfonamides is 1. The van der Waals surface area contributed by atoms with Gasteiger partial charge in [-0.05, 0) is 53.4 Å². The molecule has 0 saturated carbocycles. The van der Waals surface area contributed by atoms with Crippen molar-refractivity contribution in [3.8, 4) is 0 Å². The standard InChI is InChI=1S/C13H17BrClNO2S/c1-10-4-2-3-7-16(10)19(17,18)13-8-11(9-15)5-6-12(13)14/h5-6,8,10H,2-4,7,9H2,1H3. The fourth-order valence-electron chi connectivity index (χ4n) is 2.38. The first-order chi connectivity index (χ1) is 8.96. The zero-order valence-corrected chi connectivity index (χ0v) is 13.9. The van der Waals surface area contributed by atoms with Crippen LogP contribution in [0.3, 0.4) is 0 Å². The second kappa shape index (κ2) is 6.12. The molecule has 1 atom stereocenters. The average Bonchev–Trinajstić information content (AvgIpc) is 2.39. The van der Waals surface area contributed by atoms with Crippen LogP contribution in [0.1, 0.15) is 31.7 Å². The van der Waals surface area contributed by atoms with Crippen LogP contribution in [0.5, 0.6) is 0 Å². The predicted molar refractivity (Wildman–Crippen MR) is 80.9 cm³/mol. The molecule has 1 aromatic rings. The Balaban J connectivity index is 2.43. The van der Waals surface area contributed by atoms with E-state index in [9.17, 15) is 8.42 Å². The Morgan fingerprint density at radius 1 is 1.42 bits per heavy atom. The molecule has 1 aliphatic rings. The van der Waals surface area contributed by atoms with Gasteiger partial charge >= 0.3 is 0 Å². The SMILES string of the molecule is CC1CCCCN1S(=O)(=O)c1cc(CCl)ccc1Br. The number of hydrogen-bond donors (Lipinski definition) is 0. The van der Waals surface area contributed by atoms with E-state index in [0.717, 1.165) is 24.8 Å². The van der Waals surface area contributed by atoms with Gasteiger partial charge in [-0.1, -0.05) is 12.5 Å². The van der Waals surface area contributed by atoms with E-state index in [4.69, 9.17) is 11.6 Å². The third-order valence-corrected chi connectivity index (χ3v) is 6.79. The van der Waals surface area contributed by atoms with Gasteiger partial charge < -0.3 is 0 Å². The van der Waals surface area contributed by atoms with Gasteiger partial charge in [-0.15, -0.1) is 11.6 Å². The van der Waals surface area contributed by atoms with Crippen molar-refractivity contribution in [2.24, 2.45) is 0 Å². The smallest absolute Gasteiger partial charge is 0.207 e. The van der Waals surface area contributed by atoms with E-state index < -0.39 is 10.0 Å². The van der Waals surface area contributed by atoms with Crippen molar-refractivity contribution in [3.63, 3.8) is 0 Å². The van der Waals surface area contributed by atoms with Gasteiger partial charge in [-0.2, -0.15) is 4.31 Å². The maximum Gasteiger partial charge on any atom is 0.244 e. The fraction of sp³-hybridized carbons (Fsp3) is 0.538. The topological polar surface area (TPSA) is 37.4 Å². The molecule has 1 unspecified atom stereocenters. The minimum absolute atomic E-state index is 0.0605. The molecular weight excluding hydrogens is 350 g/mol. The lowest BCUT2D eigenvalue weighted by Gasteiger charge is -2.32. The highest BCUT2D eigenvalue weighted by atomic mass is 79.9. The molecule has 0 amide bonds. The Morgan fingerprint density at radius 3 is 2.79 bits per heavy atom. The molecule has 1 fully saturated rings. The van der Waals surface area contributed by atoms with Crippen LogP contribution in [-0.4, -0.2) is 25.3 Å². The fourth-order valence-corrected chi connectivity index (χ4v) is 5.23. The number of piperidine rings is 1. The third-order valence-electron chi connectivity index (χ3n) is 3.48. The van der Waals surface area contributed by atoms with Crippen molar-refractivity contribution < 1.29 is 8.42 Å². The number of alkyl halides is 1. The second-order valence-electron chi connectivity index (χ2n) is 4.86. The molecule has 1 saturated heterocycles. The molecule has 0 radical (unpaired) electrons. The number of benzene rings is 1. The van der Waals surface area contributed by atoms with Crippen molar-refractivity contribution in [1.82, 2.24) is 4.31 Å². The van der Waals surface area contributed by atoms with Crippen LogP contribution in [0.25, 0.3) is 0 Å². The van der Waals surface area contributed by atoms with Crippen LogP contribution in [0.2, 0.25) is 0 Å². The molecule has 3 nitrogen and oxygen atoms in total. The maximum atomic E-state index is 12.7. The van der Waals surface area contributed by atoms with Crippen LogP contribution in [-0.2, 0) is 15.9 Å². The molecule has 0 N–H and O–H groups in total. The van der Waals surface area contributed by atoms with Gasteiger partial charge in [0.1, 0.15) is 0 Å². The van der Waals surface area contributed by atoms with Crippen LogP contribution < -0.4 is 0 Å². The first-order valence-corrected chi connectivity index (χ1v) is 9.10. The van der Waals surface area contributed by atoms with Gasteiger partial charge in [-0.25, -0.2) is 8.42 Å². The van der Waals surface area contributed by atoms with Gasteiger partial charge in [0.15, 0.2) is 0 Å². The summed E-state index contributed by atoms with van der Waals surface area (Å²) in [6, 6.07) is 5.30. The lowest BCUT2D eigenvalue weighted by atomic mass is 10.1. The van der Waals surface area contributed by atoms with E-state index in [0.29, 0.717) is 21.8 Å². The minimum atomic E-state index is -3.45. The van der Waals surface area contributed by atoms with Crippen LogP contribution in [0, 0.1) is 0 Å². The zero-order valence-electron chi connectivity index (χ0n) is 10.8. The molecule has 1 heterocycles. The summed E-state index contributed by atoms with van der Waals surface area (Å²) in [5, 5.41) is 0. The average molecular weight is 367 g/mol. The maximum absolute atomic E-state index is 12.7. The molecule has 0 spiro atoms. The highest BCUT2D eigenvalue weighted by molar-refractivity contribution is 9.10. The Bertz CT molecular complexity index is 562. The quantitative estimate of drug-likeness (QED) is 0.764. The Morgan fingerprint density at radius 2 is 2.16 bits per heavy atom. The highest BCUT2D eigenvalue weighted by Crippen LogP contribution is 2.30. The monoisotopic (exact) mass is 365 g/mol. The van der Waals surface area contributed by atoms with Crippen molar-refractivity contribution in [3.05, 3.63) is 28.2 Å². The Hall–Kier alpha value is -0.100. The highest BCUT2D eigenvalue weighted by Gasteiger charge is 2.32. The molecule has 1 aliphatic heterocycles. The second-order valence-corrected chi connectivity index (χ2v) is 7.84.